The third kappa shape index (κ3) is 4.48. The molecule has 2 rings (SSSR count). The molecule has 122 valence electrons. The minimum atomic E-state index is -1.84. The lowest BCUT2D eigenvalue weighted by Gasteiger charge is -2.11. The summed E-state index contributed by atoms with van der Waals surface area (Å²) in [5.74, 6) is -2.20. The molecule has 7 heteroatoms. The second kappa shape index (κ2) is 7.84. The minimum Gasteiger partial charge on any atom is -0.489 e. The number of ketones is 1. The molecule has 0 amide bonds. The van der Waals surface area contributed by atoms with Crippen LogP contribution in [0.5, 0.6) is 5.75 Å². The second-order valence-corrected chi connectivity index (χ2v) is 5.91. The van der Waals surface area contributed by atoms with E-state index in [4.69, 9.17) is 16.3 Å². The third-order valence-electron chi connectivity index (χ3n) is 3.03. The van der Waals surface area contributed by atoms with Gasteiger partial charge in [-0.15, -0.1) is 0 Å². The minimum absolute atomic E-state index is 0.0472. The van der Waals surface area contributed by atoms with Gasteiger partial charge in [-0.3, -0.25) is 4.79 Å². The predicted molar refractivity (Wildman–Crippen MR) is 84.8 cm³/mol. The number of rotatable bonds is 6. The summed E-state index contributed by atoms with van der Waals surface area (Å²) < 4.78 is 45.8. The van der Waals surface area contributed by atoms with Crippen LogP contribution in [0, 0.1) is 11.6 Å². The lowest BCUT2D eigenvalue weighted by atomic mass is 10.1. The first-order valence-corrected chi connectivity index (χ1v) is 7.77. The van der Waals surface area contributed by atoms with Gasteiger partial charge < -0.3 is 4.74 Å². The number of hydrogen-bond donors (Lipinski definition) is 0. The zero-order chi connectivity index (χ0) is 17.0. The van der Waals surface area contributed by atoms with Gasteiger partial charge in [0.1, 0.15) is 5.82 Å². The van der Waals surface area contributed by atoms with Crippen LogP contribution in [-0.2, 0) is 0 Å². The van der Waals surface area contributed by atoms with Crippen molar-refractivity contribution in [1.29, 1.82) is 0 Å². The molecule has 0 spiro atoms. The van der Waals surface area contributed by atoms with Crippen molar-refractivity contribution >= 4 is 33.3 Å². The Bertz CT molecular complexity index is 707. The average molecular weight is 408 g/mol. The second-order valence-electron chi connectivity index (χ2n) is 4.65. The number of alkyl halides is 1. The fourth-order valence-corrected chi connectivity index (χ4v) is 2.34. The van der Waals surface area contributed by atoms with Gasteiger partial charge in [0, 0.05) is 12.0 Å². The molecule has 0 fully saturated rings. The van der Waals surface area contributed by atoms with Crippen molar-refractivity contribution in [2.75, 3.05) is 6.61 Å². The van der Waals surface area contributed by atoms with Crippen LogP contribution in [0.1, 0.15) is 16.8 Å². The zero-order valence-corrected chi connectivity index (χ0v) is 14.0. The highest BCUT2D eigenvalue weighted by atomic mass is 79.9. The summed E-state index contributed by atoms with van der Waals surface area (Å²) in [5, 5.41) is 0.0472. The zero-order valence-electron chi connectivity index (χ0n) is 11.7. The van der Waals surface area contributed by atoms with E-state index in [0.717, 1.165) is 12.1 Å². The van der Waals surface area contributed by atoms with E-state index < -0.39 is 23.6 Å². The van der Waals surface area contributed by atoms with Gasteiger partial charge in [-0.2, -0.15) is 0 Å². The predicted octanol–water partition coefficient (Wildman–Crippen LogP) is 5.37. The van der Waals surface area contributed by atoms with Crippen molar-refractivity contribution < 1.29 is 22.7 Å². The number of benzene rings is 2. The maximum absolute atomic E-state index is 13.9. The first-order valence-electron chi connectivity index (χ1n) is 6.60. The Balaban J connectivity index is 1.95. The van der Waals surface area contributed by atoms with E-state index in [2.05, 4.69) is 15.9 Å². The Morgan fingerprint density at radius 1 is 1.17 bits per heavy atom. The van der Waals surface area contributed by atoms with Crippen molar-refractivity contribution in [1.82, 2.24) is 0 Å². The molecule has 0 aliphatic heterocycles. The summed E-state index contributed by atoms with van der Waals surface area (Å²) in [6.45, 7) is -0.235. The molecule has 2 nitrogen and oxygen atoms in total. The maximum atomic E-state index is 13.9. The van der Waals surface area contributed by atoms with Crippen molar-refractivity contribution in [3.63, 3.8) is 0 Å². The smallest absolute Gasteiger partial charge is 0.197 e. The van der Waals surface area contributed by atoms with E-state index in [9.17, 15) is 18.0 Å². The SMILES string of the molecule is O=C(c1ccc(F)cc1)C(F)CCOc1c(Cl)ccc(Br)c1F. The van der Waals surface area contributed by atoms with E-state index in [1.807, 2.05) is 0 Å². The van der Waals surface area contributed by atoms with Crippen molar-refractivity contribution in [2.24, 2.45) is 0 Å². The molecule has 0 aliphatic rings. The first kappa shape index (κ1) is 17.8. The molecule has 0 saturated heterocycles. The van der Waals surface area contributed by atoms with Gasteiger partial charge in [-0.25, -0.2) is 13.2 Å². The lowest BCUT2D eigenvalue weighted by Crippen LogP contribution is -2.19. The topological polar surface area (TPSA) is 26.3 Å². The molecule has 0 bridgehead atoms. The van der Waals surface area contributed by atoms with Crippen LogP contribution in [-0.4, -0.2) is 18.6 Å². The van der Waals surface area contributed by atoms with Crippen LogP contribution in [0.3, 0.4) is 0 Å². The Labute approximate surface area is 144 Å². The molecule has 2 aromatic carbocycles. The highest BCUT2D eigenvalue weighted by Crippen LogP contribution is 2.32. The Hall–Kier alpha value is -1.53. The number of hydrogen-bond acceptors (Lipinski definition) is 2. The quantitative estimate of drug-likeness (QED) is 0.475. The highest BCUT2D eigenvalue weighted by Gasteiger charge is 2.20. The summed E-state index contributed by atoms with van der Waals surface area (Å²) in [6, 6.07) is 7.41. The van der Waals surface area contributed by atoms with Crippen LogP contribution < -0.4 is 4.74 Å². The van der Waals surface area contributed by atoms with Gasteiger partial charge in [0.25, 0.3) is 0 Å². The Kier molecular flexibility index (Phi) is 6.07. The monoisotopic (exact) mass is 406 g/mol. The summed E-state index contributed by atoms with van der Waals surface area (Å²) >= 11 is 8.80. The molecule has 0 aliphatic carbocycles. The van der Waals surface area contributed by atoms with Gasteiger partial charge in [0.2, 0.25) is 0 Å². The van der Waals surface area contributed by atoms with Crippen molar-refractivity contribution in [2.45, 2.75) is 12.6 Å². The van der Waals surface area contributed by atoms with Gasteiger partial charge >= 0.3 is 0 Å². The third-order valence-corrected chi connectivity index (χ3v) is 3.94. The normalized spacial score (nSPS) is 12.0. The van der Waals surface area contributed by atoms with Crippen LogP contribution in [0.2, 0.25) is 5.02 Å². The average Bonchev–Trinajstić information content (AvgIpc) is 2.54. The highest BCUT2D eigenvalue weighted by molar-refractivity contribution is 9.10. The van der Waals surface area contributed by atoms with Crippen LogP contribution in [0.25, 0.3) is 0 Å². The summed E-state index contributed by atoms with van der Waals surface area (Å²) in [6.07, 6.45) is -2.12. The summed E-state index contributed by atoms with van der Waals surface area (Å²) in [7, 11) is 0. The van der Waals surface area contributed by atoms with E-state index in [0.29, 0.717) is 0 Å². The Morgan fingerprint density at radius 3 is 2.48 bits per heavy atom. The fourth-order valence-electron chi connectivity index (χ4n) is 1.83. The van der Waals surface area contributed by atoms with E-state index in [-0.39, 0.29) is 33.8 Å². The van der Waals surface area contributed by atoms with Crippen LogP contribution in [0.15, 0.2) is 40.9 Å². The molecule has 1 unspecified atom stereocenters. The van der Waals surface area contributed by atoms with Crippen LogP contribution in [0.4, 0.5) is 13.2 Å². The van der Waals surface area contributed by atoms with Crippen molar-refractivity contribution in [3.8, 4) is 5.75 Å². The number of ether oxygens (including phenoxy) is 1. The first-order chi connectivity index (χ1) is 10.9. The van der Waals surface area contributed by atoms with E-state index in [1.54, 1.807) is 0 Å². The van der Waals surface area contributed by atoms with Gasteiger partial charge in [-0.1, -0.05) is 11.6 Å². The molecule has 0 aromatic heterocycles. The Morgan fingerprint density at radius 2 is 1.83 bits per heavy atom. The standard InChI is InChI=1S/C16H11BrClF3O2/c17-11-5-6-12(18)16(14(11)21)23-8-7-13(20)15(22)9-1-3-10(19)4-2-9/h1-6,13H,7-8H2. The lowest BCUT2D eigenvalue weighted by molar-refractivity contribution is 0.0850. The van der Waals surface area contributed by atoms with E-state index in [1.165, 1.54) is 24.3 Å². The molecule has 0 N–H and O–H groups in total. The molecular formula is C16H11BrClF3O2. The number of halogens is 5. The number of carbonyl (C=O) groups is 1. The van der Waals surface area contributed by atoms with Gasteiger partial charge in [-0.05, 0) is 52.3 Å². The van der Waals surface area contributed by atoms with E-state index >= 15 is 0 Å². The molecule has 0 radical (unpaired) electrons. The van der Waals surface area contributed by atoms with Gasteiger partial charge in [0.05, 0.1) is 16.1 Å². The molecule has 1 atom stereocenters. The molecule has 2 aromatic rings. The number of carbonyl (C=O) groups excluding carboxylic acids is 1. The number of Topliss-reactive ketones (excluding diaryl/α,β-unsaturated/α-hetero) is 1. The molecule has 0 heterocycles. The largest absolute Gasteiger partial charge is 0.489 e. The maximum Gasteiger partial charge on any atom is 0.197 e. The van der Waals surface area contributed by atoms with Crippen LogP contribution >= 0.6 is 27.5 Å². The molecule has 23 heavy (non-hydrogen) atoms. The van der Waals surface area contributed by atoms with Crippen molar-refractivity contribution in [3.05, 3.63) is 63.1 Å². The molecular weight excluding hydrogens is 397 g/mol. The summed E-state index contributed by atoms with van der Waals surface area (Å²) in [4.78, 5) is 11.8. The fraction of sp³-hybridized carbons (Fsp3) is 0.188. The molecule has 0 saturated carbocycles. The summed E-state index contributed by atoms with van der Waals surface area (Å²) in [5.41, 5.74) is 0.0607. The van der Waals surface area contributed by atoms with Gasteiger partial charge in [0.15, 0.2) is 23.5 Å².